The van der Waals surface area contributed by atoms with E-state index < -0.39 is 0 Å². The van der Waals surface area contributed by atoms with Crippen LogP contribution in [0.5, 0.6) is 0 Å². The Balaban J connectivity index is 0.940. The van der Waals surface area contributed by atoms with E-state index >= 15 is 0 Å². The van der Waals surface area contributed by atoms with Crippen molar-refractivity contribution in [3.63, 3.8) is 0 Å². The standard InChI is InChI=1S/C90H56BN3S2/c1-7-21-57(22-8-1)63-37-43-76-70(49-63)71-50-64(58-23-9-2-10-24-58)38-44-77(71)92(76)69-55-82-90-83(56-69)94(81-34-20-36-87-89(81)73-52-66(42-48-85(73)96-87)60-27-13-4-14-28-60)79-46-40-68(62-31-17-6-18-32-62)54-75(79)91(90)74-53-67(61-29-15-5-16-30-61)39-45-78(74)93(82)80-33-19-35-86-88(80)72-51-65(41-47-84(72)95-86)59-25-11-3-12-26-59/h1-56H. The van der Waals surface area contributed by atoms with Gasteiger partial charge in [0.2, 0.25) is 0 Å². The monoisotopic (exact) mass is 1250 g/mol. The molecule has 0 radical (unpaired) electrons. The molecule has 0 bridgehead atoms. The van der Waals surface area contributed by atoms with Gasteiger partial charge < -0.3 is 14.4 Å². The minimum atomic E-state index is -0.194. The van der Waals surface area contributed by atoms with Crippen LogP contribution in [0.15, 0.2) is 340 Å². The van der Waals surface area contributed by atoms with E-state index in [4.69, 9.17) is 0 Å². The second-order valence-electron chi connectivity index (χ2n) is 25.5. The fraction of sp³-hybridized carbons (Fsp3) is 0. The first-order valence-corrected chi connectivity index (χ1v) is 34.6. The average molecular weight is 1250 g/mol. The maximum Gasteiger partial charge on any atom is 0.252 e. The van der Waals surface area contributed by atoms with Gasteiger partial charge in [-0.2, -0.15) is 0 Å². The molecule has 5 heterocycles. The summed E-state index contributed by atoms with van der Waals surface area (Å²) in [6, 6.07) is 127. The zero-order valence-corrected chi connectivity index (χ0v) is 53.7. The second-order valence-corrected chi connectivity index (χ2v) is 27.6. The highest BCUT2D eigenvalue weighted by Gasteiger charge is 2.45. The molecule has 3 nitrogen and oxygen atoms in total. The molecule has 3 aromatic heterocycles. The molecule has 2 aliphatic heterocycles. The van der Waals surface area contributed by atoms with Gasteiger partial charge in [-0.3, -0.25) is 0 Å². The van der Waals surface area contributed by atoms with Gasteiger partial charge in [-0.05, 0) is 180 Å². The van der Waals surface area contributed by atoms with E-state index in [2.05, 4.69) is 354 Å². The number of nitrogens with zero attached hydrogens (tertiary/aromatic N) is 3. The third kappa shape index (κ3) is 8.66. The summed E-state index contributed by atoms with van der Waals surface area (Å²) in [6.45, 7) is -0.194. The Morgan fingerprint density at radius 3 is 0.906 bits per heavy atom. The van der Waals surface area contributed by atoms with E-state index in [1.54, 1.807) is 0 Å². The van der Waals surface area contributed by atoms with Crippen LogP contribution in [0, 0.1) is 0 Å². The number of rotatable bonds is 9. The van der Waals surface area contributed by atoms with E-state index in [9.17, 15) is 0 Å². The maximum absolute atomic E-state index is 2.67. The number of hydrogen-bond donors (Lipinski definition) is 0. The molecule has 18 aromatic rings. The van der Waals surface area contributed by atoms with Crippen LogP contribution >= 0.6 is 22.7 Å². The van der Waals surface area contributed by atoms with E-state index in [0.717, 1.165) is 50.8 Å². The summed E-state index contributed by atoms with van der Waals surface area (Å²) in [6.07, 6.45) is 0. The van der Waals surface area contributed by atoms with Crippen molar-refractivity contribution in [1.82, 2.24) is 4.57 Å². The molecule has 2 aliphatic rings. The van der Waals surface area contributed by atoms with Crippen molar-refractivity contribution in [2.24, 2.45) is 0 Å². The lowest BCUT2D eigenvalue weighted by molar-refractivity contribution is 1.16. The highest BCUT2D eigenvalue weighted by Crippen LogP contribution is 2.53. The first-order valence-electron chi connectivity index (χ1n) is 33.0. The molecule has 6 heteroatoms. The predicted octanol–water partition coefficient (Wildman–Crippen LogP) is 23.6. The van der Waals surface area contributed by atoms with E-state index in [-0.39, 0.29) is 6.71 Å². The van der Waals surface area contributed by atoms with Crippen molar-refractivity contribution in [1.29, 1.82) is 0 Å². The van der Waals surface area contributed by atoms with Crippen LogP contribution in [0.4, 0.5) is 34.1 Å². The molecule has 0 spiro atoms. The molecule has 20 rings (SSSR count). The average Bonchev–Trinajstić information content (AvgIpc) is 0.865. The second kappa shape index (κ2) is 21.9. The molecule has 96 heavy (non-hydrogen) atoms. The summed E-state index contributed by atoms with van der Waals surface area (Å²) in [5.74, 6) is 0. The van der Waals surface area contributed by atoms with Crippen LogP contribution < -0.4 is 26.2 Å². The van der Waals surface area contributed by atoms with Gasteiger partial charge in [0, 0.05) is 73.9 Å². The summed E-state index contributed by atoms with van der Waals surface area (Å²) in [5.41, 5.74) is 28.3. The summed E-state index contributed by atoms with van der Waals surface area (Å²) in [5, 5.41) is 7.38. The van der Waals surface area contributed by atoms with Crippen LogP contribution in [0.1, 0.15) is 0 Å². The van der Waals surface area contributed by atoms with Crippen molar-refractivity contribution >= 4 is 142 Å². The van der Waals surface area contributed by atoms with Crippen molar-refractivity contribution < 1.29 is 0 Å². The third-order valence-corrected chi connectivity index (χ3v) is 22.4. The molecule has 0 fully saturated rings. The number of aromatic nitrogens is 1. The highest BCUT2D eigenvalue weighted by molar-refractivity contribution is 7.26. The molecule has 446 valence electrons. The van der Waals surface area contributed by atoms with E-state index in [1.165, 1.54) is 134 Å². The molecule has 15 aromatic carbocycles. The fourth-order valence-electron chi connectivity index (χ4n) is 15.8. The Morgan fingerprint density at radius 1 is 0.219 bits per heavy atom. The van der Waals surface area contributed by atoms with Crippen molar-refractivity contribution in [3.05, 3.63) is 340 Å². The Bertz CT molecular complexity index is 5770. The molecule has 0 saturated heterocycles. The molecule has 0 saturated carbocycles. The summed E-state index contributed by atoms with van der Waals surface area (Å²) >= 11 is 3.76. The third-order valence-electron chi connectivity index (χ3n) is 20.1. The van der Waals surface area contributed by atoms with Gasteiger partial charge in [-0.25, -0.2) is 0 Å². The number of hydrogen-bond acceptors (Lipinski definition) is 4. The molecule has 0 aliphatic carbocycles. The van der Waals surface area contributed by atoms with Gasteiger partial charge in [0.05, 0.1) is 28.1 Å². The van der Waals surface area contributed by atoms with Crippen molar-refractivity contribution in [2.45, 2.75) is 0 Å². The van der Waals surface area contributed by atoms with Gasteiger partial charge in [0.1, 0.15) is 0 Å². The first kappa shape index (κ1) is 54.7. The quantitative estimate of drug-likeness (QED) is 0.133. The van der Waals surface area contributed by atoms with Gasteiger partial charge in [-0.1, -0.05) is 243 Å². The smallest absolute Gasteiger partial charge is 0.252 e. The Morgan fingerprint density at radius 2 is 0.542 bits per heavy atom. The predicted molar refractivity (Wildman–Crippen MR) is 413 cm³/mol. The van der Waals surface area contributed by atoms with Gasteiger partial charge in [0.15, 0.2) is 0 Å². The summed E-state index contributed by atoms with van der Waals surface area (Å²) < 4.78 is 7.59. The number of anilines is 6. The normalized spacial score (nSPS) is 12.5. The lowest BCUT2D eigenvalue weighted by Crippen LogP contribution is -2.61. The van der Waals surface area contributed by atoms with Gasteiger partial charge in [-0.15, -0.1) is 22.7 Å². The Hall–Kier alpha value is -11.8. The van der Waals surface area contributed by atoms with Crippen LogP contribution in [-0.2, 0) is 0 Å². The minimum Gasteiger partial charge on any atom is -0.311 e. The summed E-state index contributed by atoms with van der Waals surface area (Å²) in [7, 11) is 0. The Labute approximate surface area is 564 Å². The zero-order chi connectivity index (χ0) is 63.0. The number of benzene rings is 15. The van der Waals surface area contributed by atoms with Crippen molar-refractivity contribution in [3.8, 4) is 72.4 Å². The van der Waals surface area contributed by atoms with Crippen LogP contribution in [0.25, 0.3) is 135 Å². The zero-order valence-electron chi connectivity index (χ0n) is 52.1. The first-order chi connectivity index (χ1) is 47.6. The van der Waals surface area contributed by atoms with E-state index in [1.807, 2.05) is 22.7 Å². The van der Waals surface area contributed by atoms with Crippen molar-refractivity contribution in [2.75, 3.05) is 9.80 Å². The van der Waals surface area contributed by atoms with E-state index in [0.29, 0.717) is 0 Å². The minimum absolute atomic E-state index is 0.194. The number of thiophene rings is 2. The van der Waals surface area contributed by atoms with Gasteiger partial charge >= 0.3 is 0 Å². The molecule has 0 N–H and O–H groups in total. The fourth-order valence-corrected chi connectivity index (χ4v) is 18.0. The lowest BCUT2D eigenvalue weighted by atomic mass is 9.33. The molecular formula is C90H56BN3S2. The summed E-state index contributed by atoms with van der Waals surface area (Å²) in [4.78, 5) is 5.33. The molecule has 0 unspecified atom stereocenters. The lowest BCUT2D eigenvalue weighted by Gasteiger charge is -2.45. The van der Waals surface area contributed by atoms with Gasteiger partial charge in [0.25, 0.3) is 6.71 Å². The SMILES string of the molecule is c1ccc(-c2ccc3c(c2)B2c4cc(-c5ccccc5)ccc4N(c4cccc5sc6ccc(-c7ccccc7)cc6c45)c4cc(-n5c6ccc(-c7ccccc7)cc6c6cc(-c7ccccc7)ccc65)cc(c42)N3c2cccc3sc4ccc(-c5ccccc5)cc4c23)cc1. The largest absolute Gasteiger partial charge is 0.311 e. The van der Waals surface area contributed by atoms with Crippen LogP contribution in [-0.4, -0.2) is 11.3 Å². The topological polar surface area (TPSA) is 11.4 Å². The molecule has 0 atom stereocenters. The molecule has 0 amide bonds. The maximum atomic E-state index is 2.67. The van der Waals surface area contributed by atoms with Crippen LogP contribution in [0.2, 0.25) is 0 Å². The van der Waals surface area contributed by atoms with Crippen LogP contribution in [0.3, 0.4) is 0 Å². The highest BCUT2D eigenvalue weighted by atomic mass is 32.1. The number of fused-ring (bicyclic) bond motifs is 13. The Kier molecular flexibility index (Phi) is 12.5. The molecular weight excluding hydrogens is 1200 g/mol.